The van der Waals surface area contributed by atoms with Gasteiger partial charge in [0.1, 0.15) is 0 Å². The van der Waals surface area contributed by atoms with Gasteiger partial charge in [-0.1, -0.05) is 13.8 Å². The van der Waals surface area contributed by atoms with Crippen molar-refractivity contribution >= 4 is 5.91 Å². The number of rotatable bonds is 3. The van der Waals surface area contributed by atoms with E-state index < -0.39 is 0 Å². The smallest absolute Gasteiger partial charge is 0.217 e. The maximum atomic E-state index is 10.8. The van der Waals surface area contributed by atoms with Gasteiger partial charge in [-0.3, -0.25) is 4.79 Å². The topological polar surface area (TPSA) is 35.6 Å². The summed E-state index contributed by atoms with van der Waals surface area (Å²) in [5, 5.41) is 7.50. The molecule has 13 heavy (non-hydrogen) atoms. The molecule has 4 nitrogen and oxygen atoms in total. The number of hydrogen-bond acceptors (Lipinski definition) is 3. The Morgan fingerprint density at radius 3 is 2.08 bits per heavy atom. The van der Waals surface area contributed by atoms with Crippen LogP contribution >= 0.6 is 0 Å². The molecule has 0 unspecified atom stereocenters. The molecule has 0 radical (unpaired) electrons. The fourth-order valence-electron chi connectivity index (χ4n) is 1.83. The minimum Gasteiger partial charge on any atom is -0.351 e. The highest BCUT2D eigenvalue weighted by Gasteiger charge is 2.27. The third-order valence-electron chi connectivity index (χ3n) is 2.40. The summed E-state index contributed by atoms with van der Waals surface area (Å²) in [6.07, 6.45) is 0. The van der Waals surface area contributed by atoms with Crippen LogP contribution in [0.3, 0.4) is 0 Å². The average Bonchev–Trinajstić information content (AvgIpc) is 2.45. The molecule has 1 N–H and O–H groups in total. The van der Waals surface area contributed by atoms with Crippen molar-refractivity contribution in [1.82, 2.24) is 15.3 Å². The fourth-order valence-corrected chi connectivity index (χ4v) is 1.83. The van der Waals surface area contributed by atoms with E-state index in [1.807, 2.05) is 0 Å². The molecule has 0 aromatic carbocycles. The van der Waals surface area contributed by atoms with E-state index in [0.717, 1.165) is 26.2 Å². The summed E-state index contributed by atoms with van der Waals surface area (Å²) in [6.45, 7) is 9.78. The van der Waals surface area contributed by atoms with E-state index in [1.165, 1.54) is 0 Å². The van der Waals surface area contributed by atoms with Crippen LogP contribution < -0.4 is 5.32 Å². The second-order valence-electron chi connectivity index (χ2n) is 3.41. The minimum absolute atomic E-state index is 0.0685. The lowest BCUT2D eigenvalue weighted by atomic mass is 10.3. The standard InChI is InChI=1S/C9H19N3O/c1-4-11-6-9(10-8(3)13)7-12(11)5-2/h9H,4-7H2,1-3H3,(H,10,13). The number of amides is 1. The molecule has 1 fully saturated rings. The predicted octanol–water partition coefficient (Wildman–Crippen LogP) is 0.0635. The Bertz CT molecular complexity index is 172. The maximum absolute atomic E-state index is 10.8. The van der Waals surface area contributed by atoms with Crippen LogP contribution in [0.2, 0.25) is 0 Å². The van der Waals surface area contributed by atoms with Gasteiger partial charge in [0.05, 0.1) is 6.04 Å². The first-order valence-electron chi connectivity index (χ1n) is 4.94. The normalized spacial score (nSPS) is 20.8. The quantitative estimate of drug-likeness (QED) is 0.675. The fraction of sp³-hybridized carbons (Fsp3) is 0.889. The number of nitrogens with one attached hydrogen (secondary N) is 1. The molecule has 0 bridgehead atoms. The molecule has 76 valence electrons. The lowest BCUT2D eigenvalue weighted by molar-refractivity contribution is -0.119. The number of carbonyl (C=O) groups is 1. The molecule has 0 aromatic heterocycles. The Labute approximate surface area is 79.9 Å². The van der Waals surface area contributed by atoms with Crippen LogP contribution in [-0.4, -0.2) is 48.1 Å². The molecule has 0 spiro atoms. The Balaban J connectivity index is 2.43. The van der Waals surface area contributed by atoms with Crippen LogP contribution in [0, 0.1) is 0 Å². The summed E-state index contributed by atoms with van der Waals surface area (Å²) in [7, 11) is 0. The van der Waals surface area contributed by atoms with Crippen molar-refractivity contribution in [2.24, 2.45) is 0 Å². The van der Waals surface area contributed by atoms with Crippen LogP contribution in [0.1, 0.15) is 20.8 Å². The van der Waals surface area contributed by atoms with Gasteiger partial charge in [-0.15, -0.1) is 0 Å². The number of nitrogens with zero attached hydrogens (tertiary/aromatic N) is 2. The van der Waals surface area contributed by atoms with E-state index in [9.17, 15) is 4.79 Å². The molecule has 0 aromatic rings. The van der Waals surface area contributed by atoms with Crippen molar-refractivity contribution in [2.75, 3.05) is 26.2 Å². The van der Waals surface area contributed by atoms with Crippen molar-refractivity contribution in [2.45, 2.75) is 26.8 Å². The number of carbonyl (C=O) groups excluding carboxylic acids is 1. The number of hydrazine groups is 1. The minimum atomic E-state index is 0.0685. The third-order valence-corrected chi connectivity index (χ3v) is 2.40. The van der Waals surface area contributed by atoms with E-state index in [4.69, 9.17) is 0 Å². The van der Waals surface area contributed by atoms with Crippen LogP contribution in [0.15, 0.2) is 0 Å². The zero-order chi connectivity index (χ0) is 9.84. The van der Waals surface area contributed by atoms with Crippen LogP contribution in [0.4, 0.5) is 0 Å². The molecule has 1 aliphatic rings. The Hall–Kier alpha value is -0.610. The molecule has 1 rings (SSSR count). The summed E-state index contributed by atoms with van der Waals surface area (Å²) in [4.78, 5) is 10.8. The van der Waals surface area contributed by atoms with Crippen LogP contribution in [0.25, 0.3) is 0 Å². The molecule has 1 aliphatic heterocycles. The second-order valence-corrected chi connectivity index (χ2v) is 3.41. The lowest BCUT2D eigenvalue weighted by Gasteiger charge is -2.24. The summed E-state index contributed by atoms with van der Waals surface area (Å²) in [6, 6.07) is 0.303. The first-order chi connectivity index (χ1) is 6.17. The average molecular weight is 185 g/mol. The molecule has 4 heteroatoms. The monoisotopic (exact) mass is 185 g/mol. The van der Waals surface area contributed by atoms with Crippen molar-refractivity contribution in [3.05, 3.63) is 0 Å². The molecular formula is C9H19N3O. The number of likely N-dealkylation sites (N-methyl/N-ethyl adjacent to an activating group) is 2. The zero-order valence-corrected chi connectivity index (χ0v) is 8.71. The Morgan fingerprint density at radius 1 is 1.31 bits per heavy atom. The summed E-state index contributed by atoms with van der Waals surface area (Å²) < 4.78 is 0. The Kier molecular flexibility index (Phi) is 3.69. The van der Waals surface area contributed by atoms with Gasteiger partial charge in [0.25, 0.3) is 0 Å². The first-order valence-corrected chi connectivity index (χ1v) is 4.94. The summed E-state index contributed by atoms with van der Waals surface area (Å²) in [5.74, 6) is 0.0685. The van der Waals surface area contributed by atoms with Crippen molar-refractivity contribution < 1.29 is 4.79 Å². The van der Waals surface area contributed by atoms with Gasteiger partial charge in [0, 0.05) is 33.1 Å². The van der Waals surface area contributed by atoms with Crippen LogP contribution in [-0.2, 0) is 4.79 Å². The van der Waals surface area contributed by atoms with E-state index in [-0.39, 0.29) is 5.91 Å². The summed E-state index contributed by atoms with van der Waals surface area (Å²) in [5.41, 5.74) is 0. The third kappa shape index (κ3) is 2.67. The molecule has 0 atom stereocenters. The van der Waals surface area contributed by atoms with Crippen LogP contribution in [0.5, 0.6) is 0 Å². The van der Waals surface area contributed by atoms with Gasteiger partial charge in [-0.05, 0) is 0 Å². The lowest BCUT2D eigenvalue weighted by Crippen LogP contribution is -2.37. The molecular weight excluding hydrogens is 166 g/mol. The molecule has 1 heterocycles. The highest BCUT2D eigenvalue weighted by Crippen LogP contribution is 2.09. The largest absolute Gasteiger partial charge is 0.351 e. The number of hydrogen-bond donors (Lipinski definition) is 1. The predicted molar refractivity (Wildman–Crippen MR) is 52.1 cm³/mol. The maximum Gasteiger partial charge on any atom is 0.217 e. The van der Waals surface area contributed by atoms with Gasteiger partial charge in [0.2, 0.25) is 5.91 Å². The highest BCUT2D eigenvalue weighted by molar-refractivity contribution is 5.73. The van der Waals surface area contributed by atoms with Crippen molar-refractivity contribution in [3.8, 4) is 0 Å². The Morgan fingerprint density at radius 2 is 1.77 bits per heavy atom. The van der Waals surface area contributed by atoms with E-state index >= 15 is 0 Å². The van der Waals surface area contributed by atoms with E-state index in [2.05, 4.69) is 29.2 Å². The molecule has 0 aliphatic carbocycles. The SMILES string of the molecule is CCN1CC(NC(C)=O)CN1CC. The first kappa shape index (κ1) is 10.5. The van der Waals surface area contributed by atoms with Gasteiger partial charge >= 0.3 is 0 Å². The molecule has 0 saturated carbocycles. The molecule has 1 saturated heterocycles. The zero-order valence-electron chi connectivity index (χ0n) is 8.71. The van der Waals surface area contributed by atoms with Crippen molar-refractivity contribution in [1.29, 1.82) is 0 Å². The van der Waals surface area contributed by atoms with Gasteiger partial charge in [-0.25, -0.2) is 10.0 Å². The second kappa shape index (κ2) is 4.58. The van der Waals surface area contributed by atoms with Crippen molar-refractivity contribution in [3.63, 3.8) is 0 Å². The molecule has 1 amide bonds. The van der Waals surface area contributed by atoms with Gasteiger partial charge < -0.3 is 5.32 Å². The van der Waals surface area contributed by atoms with E-state index in [0.29, 0.717) is 6.04 Å². The van der Waals surface area contributed by atoms with E-state index in [1.54, 1.807) is 6.92 Å². The van der Waals surface area contributed by atoms with Gasteiger partial charge in [0.15, 0.2) is 0 Å². The highest BCUT2D eigenvalue weighted by atomic mass is 16.1. The van der Waals surface area contributed by atoms with Gasteiger partial charge in [-0.2, -0.15) is 0 Å². The summed E-state index contributed by atoms with van der Waals surface area (Å²) >= 11 is 0.